The predicted molar refractivity (Wildman–Crippen MR) is 95.8 cm³/mol. The van der Waals surface area contributed by atoms with E-state index in [4.69, 9.17) is 27.9 Å². The minimum absolute atomic E-state index is 0.00126. The molecule has 1 atom stereocenters. The van der Waals surface area contributed by atoms with Crippen LogP contribution in [0, 0.1) is 5.41 Å². The monoisotopic (exact) mass is 423 g/mol. The molecule has 27 heavy (non-hydrogen) atoms. The van der Waals surface area contributed by atoms with E-state index < -0.39 is 36.3 Å². The van der Waals surface area contributed by atoms with Crippen molar-refractivity contribution in [3.63, 3.8) is 0 Å². The highest BCUT2D eigenvalue weighted by atomic mass is 35.5. The summed E-state index contributed by atoms with van der Waals surface area (Å²) in [6, 6.07) is 2.90. The van der Waals surface area contributed by atoms with Crippen molar-refractivity contribution >= 4 is 40.1 Å². The van der Waals surface area contributed by atoms with E-state index >= 15 is 0 Å². The number of alkyl halides is 3. The van der Waals surface area contributed by atoms with E-state index in [0.717, 1.165) is 4.57 Å². The Kier molecular flexibility index (Phi) is 4.73. The lowest BCUT2D eigenvalue weighted by Gasteiger charge is -2.28. The standard InChI is InChI=1S/C18H18Cl2F3NO3/c1-16(2,3)15(25)27-8-24-13-11(6-9(19)7-12(13)20)10-4-5-17(26,14(10)24)18(21,22)23/h6-7,26H,4-5,8H2,1-3H3. The van der Waals surface area contributed by atoms with E-state index in [1.54, 1.807) is 20.8 Å². The molecule has 2 aromatic rings. The number of benzene rings is 1. The zero-order chi connectivity index (χ0) is 20.4. The average molecular weight is 424 g/mol. The number of rotatable bonds is 2. The Morgan fingerprint density at radius 3 is 2.48 bits per heavy atom. The lowest BCUT2D eigenvalue weighted by molar-refractivity contribution is -0.268. The maximum absolute atomic E-state index is 13.7. The van der Waals surface area contributed by atoms with Crippen LogP contribution < -0.4 is 0 Å². The van der Waals surface area contributed by atoms with Gasteiger partial charge in [-0.1, -0.05) is 23.2 Å². The van der Waals surface area contributed by atoms with Gasteiger partial charge in [0.2, 0.25) is 5.60 Å². The first-order valence-corrected chi connectivity index (χ1v) is 9.00. The van der Waals surface area contributed by atoms with Crippen LogP contribution in [0.3, 0.4) is 0 Å². The van der Waals surface area contributed by atoms with Crippen molar-refractivity contribution in [3.8, 4) is 0 Å². The maximum Gasteiger partial charge on any atom is 0.422 e. The molecule has 0 saturated carbocycles. The molecule has 3 rings (SSSR count). The van der Waals surface area contributed by atoms with Gasteiger partial charge in [-0.25, -0.2) is 0 Å². The van der Waals surface area contributed by atoms with Crippen LogP contribution in [0.15, 0.2) is 12.1 Å². The van der Waals surface area contributed by atoms with Crippen molar-refractivity contribution < 1.29 is 27.8 Å². The summed E-state index contributed by atoms with van der Waals surface area (Å²) in [7, 11) is 0. The molecule has 148 valence electrons. The Hall–Kier alpha value is -1.44. The van der Waals surface area contributed by atoms with E-state index in [-0.39, 0.29) is 27.7 Å². The van der Waals surface area contributed by atoms with Crippen LogP contribution in [0.5, 0.6) is 0 Å². The lowest BCUT2D eigenvalue weighted by Crippen LogP contribution is -2.42. The first-order valence-electron chi connectivity index (χ1n) is 8.24. The molecular weight excluding hydrogens is 406 g/mol. The molecule has 1 N–H and O–H groups in total. The van der Waals surface area contributed by atoms with Gasteiger partial charge < -0.3 is 14.4 Å². The van der Waals surface area contributed by atoms with Gasteiger partial charge >= 0.3 is 12.1 Å². The molecule has 0 amide bonds. The van der Waals surface area contributed by atoms with Gasteiger partial charge in [0.15, 0.2) is 6.73 Å². The highest BCUT2D eigenvalue weighted by Gasteiger charge is 2.60. The van der Waals surface area contributed by atoms with Crippen molar-refractivity contribution in [2.24, 2.45) is 5.41 Å². The number of ether oxygens (including phenoxy) is 1. The van der Waals surface area contributed by atoms with Crippen molar-refractivity contribution in [1.29, 1.82) is 0 Å². The number of aryl methyl sites for hydroxylation is 1. The predicted octanol–water partition coefficient (Wildman–Crippen LogP) is 5.19. The topological polar surface area (TPSA) is 51.5 Å². The van der Waals surface area contributed by atoms with E-state index in [0.29, 0.717) is 10.9 Å². The Bertz CT molecular complexity index is 931. The second kappa shape index (κ2) is 6.29. The van der Waals surface area contributed by atoms with E-state index in [2.05, 4.69) is 0 Å². The fourth-order valence-electron chi connectivity index (χ4n) is 3.37. The van der Waals surface area contributed by atoms with Crippen LogP contribution >= 0.6 is 23.2 Å². The number of nitrogens with zero attached hydrogens (tertiary/aromatic N) is 1. The minimum atomic E-state index is -4.89. The van der Waals surface area contributed by atoms with Crippen LogP contribution in [0.4, 0.5) is 13.2 Å². The Balaban J connectivity index is 2.22. The molecule has 4 nitrogen and oxygen atoms in total. The first kappa shape index (κ1) is 20.3. The van der Waals surface area contributed by atoms with Gasteiger partial charge in [-0.05, 0) is 51.3 Å². The molecule has 1 heterocycles. The van der Waals surface area contributed by atoms with Crippen LogP contribution in [0.25, 0.3) is 10.9 Å². The number of hydrogen-bond donors (Lipinski definition) is 1. The SMILES string of the molecule is CC(C)(C)C(=O)OCn1c2c(c3cc(Cl)cc(Cl)c31)CCC2(O)C(F)(F)F. The number of carbonyl (C=O) groups is 1. The van der Waals surface area contributed by atoms with Crippen molar-refractivity contribution in [2.75, 3.05) is 0 Å². The smallest absolute Gasteiger partial charge is 0.422 e. The van der Waals surface area contributed by atoms with Crippen molar-refractivity contribution in [2.45, 2.75) is 52.1 Å². The summed E-state index contributed by atoms with van der Waals surface area (Å²) in [6.45, 7) is 4.40. The van der Waals surface area contributed by atoms with Gasteiger partial charge in [0.1, 0.15) is 0 Å². The third-order valence-electron chi connectivity index (χ3n) is 4.71. The Morgan fingerprint density at radius 2 is 1.93 bits per heavy atom. The zero-order valence-corrected chi connectivity index (χ0v) is 16.4. The van der Waals surface area contributed by atoms with Gasteiger partial charge in [-0.15, -0.1) is 0 Å². The molecule has 1 unspecified atom stereocenters. The molecule has 1 aliphatic rings. The molecule has 0 radical (unpaired) electrons. The quantitative estimate of drug-likeness (QED) is 0.676. The zero-order valence-electron chi connectivity index (χ0n) is 14.9. The summed E-state index contributed by atoms with van der Waals surface area (Å²) in [6.07, 6.45) is -5.41. The van der Waals surface area contributed by atoms with Crippen molar-refractivity contribution in [3.05, 3.63) is 33.4 Å². The number of aliphatic hydroxyl groups is 1. The average Bonchev–Trinajstić information content (AvgIpc) is 3.01. The molecular formula is C18H18Cl2F3NO3. The maximum atomic E-state index is 13.7. The molecule has 1 aliphatic carbocycles. The Morgan fingerprint density at radius 1 is 1.30 bits per heavy atom. The van der Waals surface area contributed by atoms with E-state index in [1.807, 2.05) is 0 Å². The fourth-order valence-corrected chi connectivity index (χ4v) is 3.96. The van der Waals surface area contributed by atoms with Gasteiger partial charge in [0.25, 0.3) is 0 Å². The summed E-state index contributed by atoms with van der Waals surface area (Å²) in [4.78, 5) is 12.1. The third-order valence-corrected chi connectivity index (χ3v) is 5.22. The first-order chi connectivity index (χ1) is 12.3. The van der Waals surface area contributed by atoms with Crippen molar-refractivity contribution in [1.82, 2.24) is 4.57 Å². The summed E-state index contributed by atoms with van der Waals surface area (Å²) in [5.41, 5.74) is -3.68. The van der Waals surface area contributed by atoms with E-state index in [9.17, 15) is 23.1 Å². The molecule has 0 aliphatic heterocycles. The third kappa shape index (κ3) is 3.19. The molecule has 0 bridgehead atoms. The molecule has 0 spiro atoms. The van der Waals surface area contributed by atoms with Gasteiger partial charge in [-0.2, -0.15) is 13.2 Å². The van der Waals surface area contributed by atoms with Crippen LogP contribution in [-0.4, -0.2) is 21.8 Å². The van der Waals surface area contributed by atoms with Gasteiger partial charge in [-0.3, -0.25) is 4.79 Å². The number of esters is 1. The second-order valence-electron chi connectivity index (χ2n) is 7.71. The second-order valence-corrected chi connectivity index (χ2v) is 8.55. The molecule has 0 saturated heterocycles. The molecule has 9 heteroatoms. The number of halogens is 5. The van der Waals surface area contributed by atoms with Gasteiger partial charge in [0.05, 0.1) is 21.6 Å². The van der Waals surface area contributed by atoms with Crippen LogP contribution in [-0.2, 0) is 28.3 Å². The summed E-state index contributed by atoms with van der Waals surface area (Å²) >= 11 is 12.3. The summed E-state index contributed by atoms with van der Waals surface area (Å²) in [5.74, 6) is -0.586. The van der Waals surface area contributed by atoms with E-state index in [1.165, 1.54) is 12.1 Å². The molecule has 1 aromatic heterocycles. The lowest BCUT2D eigenvalue weighted by atomic mass is 9.97. The van der Waals surface area contributed by atoms with Crippen LogP contribution in [0.2, 0.25) is 10.0 Å². The summed E-state index contributed by atoms with van der Waals surface area (Å²) < 4.78 is 47.4. The number of carbonyl (C=O) groups excluding carboxylic acids is 1. The number of hydrogen-bond acceptors (Lipinski definition) is 3. The number of fused-ring (bicyclic) bond motifs is 3. The highest BCUT2D eigenvalue weighted by molar-refractivity contribution is 6.38. The molecule has 1 aromatic carbocycles. The minimum Gasteiger partial charge on any atom is -0.443 e. The Labute approximate surface area is 163 Å². The van der Waals surface area contributed by atoms with Gasteiger partial charge in [0, 0.05) is 10.4 Å². The van der Waals surface area contributed by atoms with Crippen LogP contribution in [0.1, 0.15) is 38.4 Å². The molecule has 0 fully saturated rings. The normalized spacial score (nSPS) is 20.2. The fraction of sp³-hybridized carbons (Fsp3) is 0.500. The summed E-state index contributed by atoms with van der Waals surface area (Å²) in [5, 5.41) is 11.3. The highest BCUT2D eigenvalue weighted by Crippen LogP contribution is 2.52. The number of aromatic nitrogens is 1. The largest absolute Gasteiger partial charge is 0.443 e.